The molecule has 0 spiro atoms. The van der Waals surface area contributed by atoms with Crippen LogP contribution in [0.4, 0.5) is 15.8 Å². The number of para-hydroxylation sites is 1. The predicted octanol–water partition coefficient (Wildman–Crippen LogP) is 2.75. The van der Waals surface area contributed by atoms with Gasteiger partial charge < -0.3 is 15.1 Å². The molecule has 2 aromatic carbocycles. The van der Waals surface area contributed by atoms with Crippen molar-refractivity contribution in [2.75, 3.05) is 36.4 Å². The molecule has 4 rings (SSSR count). The molecule has 2 amide bonds. The quantitative estimate of drug-likeness (QED) is 0.904. The second-order valence-corrected chi connectivity index (χ2v) is 7.10. The molecule has 1 heterocycles. The molecule has 2 fully saturated rings. The number of rotatable bonds is 4. The third kappa shape index (κ3) is 3.94. The van der Waals surface area contributed by atoms with Crippen molar-refractivity contribution in [1.29, 1.82) is 0 Å². The molecule has 2 atom stereocenters. The molecular formula is C21H22FN3O2. The van der Waals surface area contributed by atoms with E-state index in [-0.39, 0.29) is 23.7 Å². The topological polar surface area (TPSA) is 52.7 Å². The highest BCUT2D eigenvalue weighted by molar-refractivity contribution is 5.99. The van der Waals surface area contributed by atoms with Gasteiger partial charge in [0.1, 0.15) is 5.82 Å². The Morgan fingerprint density at radius 2 is 1.67 bits per heavy atom. The summed E-state index contributed by atoms with van der Waals surface area (Å²) < 4.78 is 13.2. The lowest BCUT2D eigenvalue weighted by atomic mass is 10.2. The van der Waals surface area contributed by atoms with Gasteiger partial charge in [-0.15, -0.1) is 0 Å². The molecule has 140 valence electrons. The average Bonchev–Trinajstić information content (AvgIpc) is 3.49. The van der Waals surface area contributed by atoms with Crippen LogP contribution in [0.1, 0.15) is 6.42 Å². The van der Waals surface area contributed by atoms with Crippen LogP contribution >= 0.6 is 0 Å². The highest BCUT2D eigenvalue weighted by atomic mass is 19.1. The number of halogens is 1. The molecule has 2 aliphatic rings. The zero-order chi connectivity index (χ0) is 18.8. The standard InChI is InChI=1S/C21H22FN3O2/c22-15-5-4-6-16(13-15)23-20(26)18-14-19(18)21(27)25-11-9-24(10-12-25)17-7-2-1-3-8-17/h1-8,13,18-19H,9-12,14H2,(H,23,26). The van der Waals surface area contributed by atoms with Gasteiger partial charge >= 0.3 is 0 Å². The normalized spacial score (nSPS) is 21.7. The zero-order valence-corrected chi connectivity index (χ0v) is 15.0. The third-order valence-corrected chi connectivity index (χ3v) is 5.25. The minimum absolute atomic E-state index is 0.0575. The van der Waals surface area contributed by atoms with E-state index in [4.69, 9.17) is 0 Å². The van der Waals surface area contributed by atoms with Crippen LogP contribution in [-0.2, 0) is 9.59 Å². The number of carbonyl (C=O) groups is 2. The van der Waals surface area contributed by atoms with Crippen LogP contribution < -0.4 is 10.2 Å². The number of anilines is 2. The Balaban J connectivity index is 1.28. The summed E-state index contributed by atoms with van der Waals surface area (Å²) in [6.07, 6.45) is 0.568. The van der Waals surface area contributed by atoms with E-state index < -0.39 is 5.82 Å². The molecule has 1 aliphatic heterocycles. The molecule has 0 aromatic heterocycles. The molecular weight excluding hydrogens is 345 g/mol. The molecule has 6 heteroatoms. The number of nitrogens with zero attached hydrogens (tertiary/aromatic N) is 2. The van der Waals surface area contributed by atoms with E-state index in [2.05, 4.69) is 22.3 Å². The molecule has 27 heavy (non-hydrogen) atoms. The lowest BCUT2D eigenvalue weighted by Crippen LogP contribution is -2.49. The summed E-state index contributed by atoms with van der Waals surface area (Å²) in [5.74, 6) is -1.11. The van der Waals surface area contributed by atoms with Gasteiger partial charge in [0.25, 0.3) is 0 Å². The van der Waals surface area contributed by atoms with E-state index in [0.717, 1.165) is 13.1 Å². The van der Waals surface area contributed by atoms with Crippen LogP contribution in [0.2, 0.25) is 0 Å². The van der Waals surface area contributed by atoms with Crippen molar-refractivity contribution >= 4 is 23.2 Å². The molecule has 1 N–H and O–H groups in total. The Hall–Kier alpha value is -2.89. The summed E-state index contributed by atoms with van der Waals surface area (Å²) in [5.41, 5.74) is 1.60. The number of nitrogens with one attached hydrogen (secondary N) is 1. The molecule has 2 aromatic rings. The van der Waals surface area contributed by atoms with Gasteiger partial charge in [0.2, 0.25) is 11.8 Å². The van der Waals surface area contributed by atoms with Gasteiger partial charge in [0.15, 0.2) is 0 Å². The van der Waals surface area contributed by atoms with Crippen LogP contribution in [0.15, 0.2) is 54.6 Å². The Morgan fingerprint density at radius 3 is 2.37 bits per heavy atom. The number of hydrogen-bond donors (Lipinski definition) is 1. The highest BCUT2D eigenvalue weighted by Crippen LogP contribution is 2.41. The third-order valence-electron chi connectivity index (χ3n) is 5.25. The molecule has 2 unspecified atom stereocenters. The van der Waals surface area contributed by atoms with Crippen LogP contribution in [-0.4, -0.2) is 42.9 Å². The minimum Gasteiger partial charge on any atom is -0.368 e. The smallest absolute Gasteiger partial charge is 0.228 e. The summed E-state index contributed by atoms with van der Waals surface area (Å²) in [7, 11) is 0. The van der Waals surface area contributed by atoms with Crippen molar-refractivity contribution < 1.29 is 14.0 Å². The van der Waals surface area contributed by atoms with E-state index in [1.165, 1.54) is 17.8 Å². The van der Waals surface area contributed by atoms with Crippen molar-refractivity contribution in [2.24, 2.45) is 11.8 Å². The first-order chi connectivity index (χ1) is 13.1. The fraction of sp³-hybridized carbons (Fsp3) is 0.333. The van der Waals surface area contributed by atoms with Crippen molar-refractivity contribution in [2.45, 2.75) is 6.42 Å². The van der Waals surface area contributed by atoms with E-state index in [1.54, 1.807) is 12.1 Å². The van der Waals surface area contributed by atoms with Crippen molar-refractivity contribution in [1.82, 2.24) is 4.90 Å². The van der Waals surface area contributed by atoms with E-state index in [0.29, 0.717) is 25.2 Å². The van der Waals surface area contributed by atoms with Crippen molar-refractivity contribution in [3.63, 3.8) is 0 Å². The maximum Gasteiger partial charge on any atom is 0.228 e. The highest BCUT2D eigenvalue weighted by Gasteiger charge is 2.49. The molecule has 0 bridgehead atoms. The lowest BCUT2D eigenvalue weighted by molar-refractivity contribution is -0.134. The summed E-state index contributed by atoms with van der Waals surface area (Å²) in [4.78, 5) is 29.1. The fourth-order valence-electron chi connectivity index (χ4n) is 3.62. The Bertz CT molecular complexity index is 834. The average molecular weight is 367 g/mol. The number of amides is 2. The summed E-state index contributed by atoms with van der Waals surface area (Å²) in [5, 5.41) is 2.70. The van der Waals surface area contributed by atoms with Gasteiger partial charge in [-0.2, -0.15) is 0 Å². The Morgan fingerprint density at radius 1 is 0.926 bits per heavy atom. The largest absolute Gasteiger partial charge is 0.368 e. The number of hydrogen-bond acceptors (Lipinski definition) is 3. The number of benzene rings is 2. The van der Waals surface area contributed by atoms with Gasteiger partial charge in [-0.1, -0.05) is 24.3 Å². The monoisotopic (exact) mass is 367 g/mol. The van der Waals surface area contributed by atoms with E-state index in [1.807, 2.05) is 23.1 Å². The van der Waals surface area contributed by atoms with Crippen molar-refractivity contribution in [3.05, 3.63) is 60.4 Å². The Kier molecular flexibility index (Phi) is 4.79. The van der Waals surface area contributed by atoms with Gasteiger partial charge in [-0.25, -0.2) is 4.39 Å². The molecule has 1 saturated heterocycles. The molecule has 1 aliphatic carbocycles. The SMILES string of the molecule is O=C(Nc1cccc(F)c1)C1CC1C(=O)N1CCN(c2ccccc2)CC1. The van der Waals surface area contributed by atoms with Gasteiger partial charge in [0.05, 0.1) is 11.8 Å². The van der Waals surface area contributed by atoms with Crippen LogP contribution in [0.3, 0.4) is 0 Å². The lowest BCUT2D eigenvalue weighted by Gasteiger charge is -2.36. The number of carbonyl (C=O) groups excluding carboxylic acids is 2. The predicted molar refractivity (Wildman–Crippen MR) is 102 cm³/mol. The van der Waals surface area contributed by atoms with Crippen LogP contribution in [0.25, 0.3) is 0 Å². The molecule has 1 saturated carbocycles. The first kappa shape index (κ1) is 17.5. The van der Waals surface area contributed by atoms with Crippen LogP contribution in [0, 0.1) is 17.7 Å². The Labute approximate surface area is 157 Å². The number of piperazine rings is 1. The first-order valence-corrected chi connectivity index (χ1v) is 9.27. The van der Waals surface area contributed by atoms with Crippen molar-refractivity contribution in [3.8, 4) is 0 Å². The molecule has 0 radical (unpaired) electrons. The van der Waals surface area contributed by atoms with Gasteiger partial charge in [0, 0.05) is 37.6 Å². The first-order valence-electron chi connectivity index (χ1n) is 9.27. The fourth-order valence-corrected chi connectivity index (χ4v) is 3.62. The van der Waals surface area contributed by atoms with Crippen LogP contribution in [0.5, 0.6) is 0 Å². The van der Waals surface area contributed by atoms with Gasteiger partial charge in [-0.05, 0) is 36.8 Å². The second kappa shape index (κ2) is 7.39. The van der Waals surface area contributed by atoms with E-state index >= 15 is 0 Å². The second-order valence-electron chi connectivity index (χ2n) is 7.10. The summed E-state index contributed by atoms with van der Waals surface area (Å²) in [6, 6.07) is 16.0. The summed E-state index contributed by atoms with van der Waals surface area (Å²) >= 11 is 0. The zero-order valence-electron chi connectivity index (χ0n) is 15.0. The minimum atomic E-state index is -0.396. The maximum absolute atomic E-state index is 13.2. The van der Waals surface area contributed by atoms with E-state index in [9.17, 15) is 14.0 Å². The van der Waals surface area contributed by atoms with Gasteiger partial charge in [-0.3, -0.25) is 9.59 Å². The maximum atomic E-state index is 13.2. The summed E-state index contributed by atoms with van der Waals surface area (Å²) in [6.45, 7) is 2.93. The molecule has 5 nitrogen and oxygen atoms in total.